The molecule has 0 saturated carbocycles. The molecule has 2 heterocycles. The number of hydrogen-bond donors (Lipinski definition) is 3. The van der Waals surface area contributed by atoms with Crippen LogP contribution in [0.15, 0.2) is 16.6 Å². The zero-order valence-corrected chi connectivity index (χ0v) is 12.1. The van der Waals surface area contributed by atoms with Gasteiger partial charge in [-0.25, -0.2) is 4.98 Å². The van der Waals surface area contributed by atoms with Gasteiger partial charge in [0.25, 0.3) is 0 Å². The first kappa shape index (κ1) is 12.2. The molecule has 4 nitrogen and oxygen atoms in total. The Hall–Kier alpha value is -0.850. The summed E-state index contributed by atoms with van der Waals surface area (Å²) in [5, 5.41) is 17.5. The number of phenolic OH excluding ortho intramolecular Hbond substituents is 1. The number of halogens is 1. The van der Waals surface area contributed by atoms with Gasteiger partial charge in [-0.2, -0.15) is 0 Å². The molecule has 1 aromatic heterocycles. The molecule has 0 bridgehead atoms. The Bertz CT molecular complexity index is 566. The van der Waals surface area contributed by atoms with E-state index in [1.807, 2.05) is 6.07 Å². The molecule has 0 aliphatic carbocycles. The molecule has 0 unspecified atom stereocenters. The van der Waals surface area contributed by atoms with Crippen LogP contribution in [0.3, 0.4) is 0 Å². The van der Waals surface area contributed by atoms with Gasteiger partial charge in [-0.15, -0.1) is 0 Å². The summed E-state index contributed by atoms with van der Waals surface area (Å²) in [6, 6.07) is 4.15. The van der Waals surface area contributed by atoms with Crippen LogP contribution >= 0.6 is 27.3 Å². The molecule has 1 aliphatic heterocycles. The molecular formula is C12H14BrN3OS. The number of benzene rings is 1. The molecule has 1 aromatic carbocycles. The van der Waals surface area contributed by atoms with E-state index in [4.69, 9.17) is 0 Å². The van der Waals surface area contributed by atoms with Crippen LogP contribution in [-0.2, 0) is 0 Å². The topological polar surface area (TPSA) is 57.2 Å². The van der Waals surface area contributed by atoms with Gasteiger partial charge < -0.3 is 15.7 Å². The third-order valence-corrected chi connectivity index (χ3v) is 4.50. The minimum atomic E-state index is 0.231. The lowest BCUT2D eigenvalue weighted by Gasteiger charge is -2.23. The zero-order valence-electron chi connectivity index (χ0n) is 9.74. The third kappa shape index (κ3) is 2.46. The highest BCUT2D eigenvalue weighted by Gasteiger charge is 2.15. The number of aromatic nitrogens is 1. The molecule has 1 aliphatic rings. The van der Waals surface area contributed by atoms with Crippen molar-refractivity contribution in [3.05, 3.63) is 16.6 Å². The molecule has 0 spiro atoms. The number of thiazole rings is 1. The fraction of sp³-hybridized carbons (Fsp3) is 0.417. The van der Waals surface area contributed by atoms with Crippen LogP contribution in [-0.4, -0.2) is 29.2 Å². The SMILES string of the molecule is Oc1cc(Br)cc2sc(NC3CCNCC3)nc12. The second-order valence-electron chi connectivity index (χ2n) is 4.46. The molecule has 3 rings (SSSR count). The van der Waals surface area contributed by atoms with Crippen molar-refractivity contribution in [3.63, 3.8) is 0 Å². The van der Waals surface area contributed by atoms with Gasteiger partial charge in [-0.05, 0) is 38.1 Å². The van der Waals surface area contributed by atoms with Crippen molar-refractivity contribution in [2.24, 2.45) is 0 Å². The Balaban J connectivity index is 1.86. The van der Waals surface area contributed by atoms with Crippen LogP contribution < -0.4 is 10.6 Å². The lowest BCUT2D eigenvalue weighted by atomic mass is 10.1. The fourth-order valence-corrected chi connectivity index (χ4v) is 3.78. The number of anilines is 1. The molecule has 6 heteroatoms. The summed E-state index contributed by atoms with van der Waals surface area (Å²) in [5.74, 6) is 0.231. The average molecular weight is 328 g/mol. The lowest BCUT2D eigenvalue weighted by molar-refractivity contribution is 0.477. The van der Waals surface area contributed by atoms with E-state index in [1.54, 1.807) is 17.4 Å². The van der Waals surface area contributed by atoms with Gasteiger partial charge in [0.15, 0.2) is 5.13 Å². The minimum absolute atomic E-state index is 0.231. The molecule has 2 aromatic rings. The van der Waals surface area contributed by atoms with Gasteiger partial charge in [0.1, 0.15) is 11.3 Å². The Labute approximate surface area is 118 Å². The molecular weight excluding hydrogens is 314 g/mol. The van der Waals surface area contributed by atoms with Crippen molar-refractivity contribution in [3.8, 4) is 5.75 Å². The summed E-state index contributed by atoms with van der Waals surface area (Å²) in [6.45, 7) is 2.11. The molecule has 1 saturated heterocycles. The standard InChI is InChI=1S/C12H14BrN3OS/c13-7-5-9(17)11-10(6-7)18-12(16-11)15-8-1-3-14-4-2-8/h5-6,8,14,17H,1-4H2,(H,15,16). The summed E-state index contributed by atoms with van der Waals surface area (Å²) >= 11 is 4.97. The summed E-state index contributed by atoms with van der Waals surface area (Å²) in [7, 11) is 0. The Morgan fingerprint density at radius 1 is 1.39 bits per heavy atom. The number of nitrogens with zero attached hydrogens (tertiary/aromatic N) is 1. The molecule has 0 radical (unpaired) electrons. The Morgan fingerprint density at radius 2 is 2.17 bits per heavy atom. The number of hydrogen-bond acceptors (Lipinski definition) is 5. The summed E-state index contributed by atoms with van der Waals surface area (Å²) in [4.78, 5) is 4.46. The minimum Gasteiger partial charge on any atom is -0.506 e. The maximum absolute atomic E-state index is 9.85. The quantitative estimate of drug-likeness (QED) is 0.793. The molecule has 18 heavy (non-hydrogen) atoms. The second kappa shape index (κ2) is 5.03. The van der Waals surface area contributed by atoms with Gasteiger partial charge in [0.05, 0.1) is 4.70 Å². The maximum atomic E-state index is 9.85. The molecule has 1 fully saturated rings. The number of nitrogens with one attached hydrogen (secondary N) is 2. The molecule has 0 atom stereocenters. The van der Waals surface area contributed by atoms with Gasteiger partial charge in [0.2, 0.25) is 0 Å². The van der Waals surface area contributed by atoms with Crippen LogP contribution in [0.5, 0.6) is 5.75 Å². The van der Waals surface area contributed by atoms with Crippen molar-refractivity contribution in [2.75, 3.05) is 18.4 Å². The predicted molar refractivity (Wildman–Crippen MR) is 78.5 cm³/mol. The smallest absolute Gasteiger partial charge is 0.184 e. The summed E-state index contributed by atoms with van der Waals surface area (Å²) in [6.07, 6.45) is 2.23. The van der Waals surface area contributed by atoms with E-state index in [9.17, 15) is 5.11 Å². The van der Waals surface area contributed by atoms with E-state index in [0.29, 0.717) is 11.6 Å². The van der Waals surface area contributed by atoms with E-state index < -0.39 is 0 Å². The first-order valence-corrected chi connectivity index (χ1v) is 7.59. The normalized spacial score (nSPS) is 17.2. The Morgan fingerprint density at radius 3 is 2.94 bits per heavy atom. The van der Waals surface area contributed by atoms with Gasteiger partial charge >= 0.3 is 0 Å². The van der Waals surface area contributed by atoms with Crippen molar-refractivity contribution < 1.29 is 5.11 Å². The van der Waals surface area contributed by atoms with Crippen LogP contribution in [0.25, 0.3) is 10.2 Å². The molecule has 96 valence electrons. The van der Waals surface area contributed by atoms with Crippen molar-refractivity contribution in [1.82, 2.24) is 10.3 Å². The van der Waals surface area contributed by atoms with E-state index in [2.05, 4.69) is 31.5 Å². The average Bonchev–Trinajstić information content (AvgIpc) is 2.73. The van der Waals surface area contributed by atoms with Gasteiger partial charge in [-0.3, -0.25) is 0 Å². The van der Waals surface area contributed by atoms with E-state index in [1.165, 1.54) is 0 Å². The lowest BCUT2D eigenvalue weighted by Crippen LogP contribution is -2.35. The van der Waals surface area contributed by atoms with Crippen LogP contribution in [0.4, 0.5) is 5.13 Å². The van der Waals surface area contributed by atoms with Crippen LogP contribution in [0.2, 0.25) is 0 Å². The highest BCUT2D eigenvalue weighted by Crippen LogP contribution is 2.35. The largest absolute Gasteiger partial charge is 0.506 e. The number of fused-ring (bicyclic) bond motifs is 1. The third-order valence-electron chi connectivity index (χ3n) is 3.11. The van der Waals surface area contributed by atoms with Crippen molar-refractivity contribution >= 4 is 42.6 Å². The first-order valence-electron chi connectivity index (χ1n) is 5.99. The zero-order chi connectivity index (χ0) is 12.5. The summed E-state index contributed by atoms with van der Waals surface area (Å²) in [5.41, 5.74) is 0.680. The first-order chi connectivity index (χ1) is 8.72. The number of phenols is 1. The number of aromatic hydroxyl groups is 1. The van der Waals surface area contributed by atoms with Gasteiger partial charge in [0, 0.05) is 10.5 Å². The van der Waals surface area contributed by atoms with Crippen molar-refractivity contribution in [2.45, 2.75) is 18.9 Å². The Kier molecular flexibility index (Phi) is 3.41. The van der Waals surface area contributed by atoms with Crippen molar-refractivity contribution in [1.29, 1.82) is 0 Å². The highest BCUT2D eigenvalue weighted by molar-refractivity contribution is 9.10. The molecule has 0 amide bonds. The van der Waals surface area contributed by atoms with E-state index in [-0.39, 0.29) is 5.75 Å². The second-order valence-corrected chi connectivity index (χ2v) is 6.41. The maximum Gasteiger partial charge on any atom is 0.184 e. The molecule has 3 N–H and O–H groups in total. The highest BCUT2D eigenvalue weighted by atomic mass is 79.9. The van der Waals surface area contributed by atoms with E-state index in [0.717, 1.165) is 40.2 Å². The monoisotopic (exact) mass is 327 g/mol. The summed E-state index contributed by atoms with van der Waals surface area (Å²) < 4.78 is 1.88. The van der Waals surface area contributed by atoms with Gasteiger partial charge in [-0.1, -0.05) is 27.3 Å². The fourth-order valence-electron chi connectivity index (χ4n) is 2.18. The van der Waals surface area contributed by atoms with Crippen LogP contribution in [0, 0.1) is 0 Å². The number of piperidine rings is 1. The van der Waals surface area contributed by atoms with Crippen LogP contribution in [0.1, 0.15) is 12.8 Å². The predicted octanol–water partition coefficient (Wildman–Crippen LogP) is 2.93. The van der Waals surface area contributed by atoms with E-state index >= 15 is 0 Å². The number of rotatable bonds is 2.